The van der Waals surface area contributed by atoms with Gasteiger partial charge in [0.25, 0.3) is 0 Å². The van der Waals surface area contributed by atoms with E-state index in [2.05, 4.69) is 49.3 Å². The standard InChI is InChI=1S/C25H31F3N6O2/c1-34(2)14-16-8-5-4-7-15(16)11-30-23-31-13-19(25(26,27)28)21(33-23)18-12-29-22-17(18)9-6-10-20(22)32-24(35)36-3/h6,9-10,12-13,15-16,29H,4-5,7-8,11,14H2,1-3H3,(H,32,35)(H,30,31,33)/t15-,16+/m1/s1. The number of methoxy groups -OCH3 is 1. The highest BCUT2D eigenvalue weighted by molar-refractivity contribution is 6.04. The van der Waals surface area contributed by atoms with E-state index in [0.717, 1.165) is 32.0 Å². The normalized spacial score (nSPS) is 18.4. The van der Waals surface area contributed by atoms with Crippen molar-refractivity contribution in [3.05, 3.63) is 36.2 Å². The van der Waals surface area contributed by atoms with Crippen molar-refractivity contribution in [2.75, 3.05) is 44.9 Å². The zero-order valence-electron chi connectivity index (χ0n) is 20.6. The van der Waals surface area contributed by atoms with Crippen molar-refractivity contribution < 1.29 is 22.7 Å². The molecule has 1 aliphatic carbocycles. The van der Waals surface area contributed by atoms with Gasteiger partial charge in [-0.05, 0) is 44.8 Å². The molecule has 0 aliphatic heterocycles. The number of hydrogen-bond donors (Lipinski definition) is 3. The molecule has 1 saturated carbocycles. The minimum Gasteiger partial charge on any atom is -0.453 e. The Morgan fingerprint density at radius 2 is 1.97 bits per heavy atom. The van der Waals surface area contributed by atoms with E-state index in [4.69, 9.17) is 0 Å². The first kappa shape index (κ1) is 25.7. The molecule has 2 atom stereocenters. The van der Waals surface area contributed by atoms with Crippen LogP contribution >= 0.6 is 0 Å². The number of H-pyrrole nitrogens is 1. The van der Waals surface area contributed by atoms with Crippen molar-refractivity contribution in [2.24, 2.45) is 11.8 Å². The largest absolute Gasteiger partial charge is 0.453 e. The van der Waals surface area contributed by atoms with Crippen LogP contribution in [0.15, 0.2) is 30.6 Å². The van der Waals surface area contributed by atoms with Crippen molar-refractivity contribution in [2.45, 2.75) is 31.9 Å². The van der Waals surface area contributed by atoms with Gasteiger partial charge in [-0.3, -0.25) is 5.32 Å². The molecule has 3 N–H and O–H groups in total. The topological polar surface area (TPSA) is 95.2 Å². The number of halogens is 3. The molecule has 1 aromatic carbocycles. The van der Waals surface area contributed by atoms with Gasteiger partial charge in [-0.2, -0.15) is 13.2 Å². The van der Waals surface area contributed by atoms with Crippen molar-refractivity contribution >= 4 is 28.6 Å². The average Bonchev–Trinajstić information content (AvgIpc) is 3.27. The van der Waals surface area contributed by atoms with Gasteiger partial charge >= 0.3 is 12.3 Å². The first-order valence-corrected chi connectivity index (χ1v) is 12.0. The summed E-state index contributed by atoms with van der Waals surface area (Å²) in [6.07, 6.45) is 1.52. The van der Waals surface area contributed by atoms with Gasteiger partial charge in [-0.25, -0.2) is 14.8 Å². The average molecular weight is 505 g/mol. The molecule has 0 unspecified atom stereocenters. The number of benzene rings is 1. The lowest BCUT2D eigenvalue weighted by Gasteiger charge is -2.33. The summed E-state index contributed by atoms with van der Waals surface area (Å²) >= 11 is 0. The molecule has 0 saturated heterocycles. The van der Waals surface area contributed by atoms with Gasteiger partial charge in [-0.1, -0.05) is 25.0 Å². The molecule has 3 aromatic rings. The summed E-state index contributed by atoms with van der Waals surface area (Å²) in [4.78, 5) is 25.2. The highest BCUT2D eigenvalue weighted by Crippen LogP contribution is 2.40. The summed E-state index contributed by atoms with van der Waals surface area (Å²) in [6, 6.07) is 4.95. The number of carbonyl (C=O) groups excluding carboxylic acids is 1. The van der Waals surface area contributed by atoms with Crippen LogP contribution in [0, 0.1) is 11.8 Å². The van der Waals surface area contributed by atoms with Gasteiger partial charge in [0, 0.05) is 36.4 Å². The van der Waals surface area contributed by atoms with Gasteiger partial charge in [0.2, 0.25) is 5.95 Å². The van der Waals surface area contributed by atoms with Crippen LogP contribution in [0.25, 0.3) is 22.2 Å². The van der Waals surface area contributed by atoms with E-state index in [1.54, 1.807) is 18.2 Å². The first-order chi connectivity index (χ1) is 17.2. The maximum atomic E-state index is 13.9. The number of hydrogen-bond acceptors (Lipinski definition) is 6. The Morgan fingerprint density at radius 3 is 2.67 bits per heavy atom. The van der Waals surface area contributed by atoms with E-state index in [9.17, 15) is 18.0 Å². The Kier molecular flexibility index (Phi) is 7.67. The Labute approximate surface area is 207 Å². The zero-order chi connectivity index (χ0) is 25.9. The molecular formula is C25H31F3N6O2. The molecule has 11 heteroatoms. The fourth-order valence-electron chi connectivity index (χ4n) is 4.98. The summed E-state index contributed by atoms with van der Waals surface area (Å²) in [5, 5.41) is 6.25. The minimum atomic E-state index is -4.64. The minimum absolute atomic E-state index is 0.158. The number of aromatic nitrogens is 3. The van der Waals surface area contributed by atoms with Gasteiger partial charge < -0.3 is 19.9 Å². The van der Waals surface area contributed by atoms with Crippen molar-refractivity contribution in [3.8, 4) is 11.3 Å². The second kappa shape index (κ2) is 10.7. The zero-order valence-corrected chi connectivity index (χ0v) is 20.6. The fourth-order valence-corrected chi connectivity index (χ4v) is 4.98. The number of rotatable bonds is 7. The quantitative estimate of drug-likeness (QED) is 0.388. The van der Waals surface area contributed by atoms with Crippen molar-refractivity contribution in [1.29, 1.82) is 0 Å². The third-order valence-electron chi connectivity index (χ3n) is 6.68. The summed E-state index contributed by atoms with van der Waals surface area (Å²) in [7, 11) is 5.34. The maximum absolute atomic E-state index is 13.9. The molecule has 2 heterocycles. The smallest absolute Gasteiger partial charge is 0.419 e. The van der Waals surface area contributed by atoms with Crippen LogP contribution in [0.1, 0.15) is 31.2 Å². The van der Waals surface area contributed by atoms with Crippen molar-refractivity contribution in [1.82, 2.24) is 19.9 Å². The number of carbonyl (C=O) groups is 1. The number of alkyl halides is 3. The molecule has 194 valence electrons. The highest BCUT2D eigenvalue weighted by Gasteiger charge is 2.36. The van der Waals surface area contributed by atoms with Crippen LogP contribution in [-0.4, -0.2) is 60.2 Å². The number of fused-ring (bicyclic) bond motifs is 1. The Morgan fingerprint density at radius 1 is 1.22 bits per heavy atom. The van der Waals surface area contributed by atoms with Gasteiger partial charge in [0.15, 0.2) is 0 Å². The molecule has 0 bridgehead atoms. The number of anilines is 2. The SMILES string of the molecule is COC(=O)Nc1cccc2c(-c3nc(NC[C@H]4CCCC[C@H]4CN(C)C)ncc3C(F)(F)F)c[nH]c12. The Bertz CT molecular complexity index is 1210. The Balaban J connectivity index is 1.66. The third kappa shape index (κ3) is 5.72. The van der Waals surface area contributed by atoms with Crippen LogP contribution in [-0.2, 0) is 10.9 Å². The number of para-hydroxylation sites is 1. The number of amides is 1. The lowest BCUT2D eigenvalue weighted by atomic mass is 9.79. The summed E-state index contributed by atoms with van der Waals surface area (Å²) in [5.74, 6) is 1.07. The molecule has 2 aromatic heterocycles. The highest BCUT2D eigenvalue weighted by atomic mass is 19.4. The second-order valence-corrected chi connectivity index (χ2v) is 9.45. The van der Waals surface area contributed by atoms with Gasteiger partial charge in [0.1, 0.15) is 5.56 Å². The third-order valence-corrected chi connectivity index (χ3v) is 6.68. The van der Waals surface area contributed by atoms with E-state index in [1.807, 2.05) is 0 Å². The molecule has 1 fully saturated rings. The number of nitrogens with one attached hydrogen (secondary N) is 3. The van der Waals surface area contributed by atoms with Crippen LogP contribution in [0.3, 0.4) is 0 Å². The lowest BCUT2D eigenvalue weighted by Crippen LogP contribution is -2.33. The number of aromatic amines is 1. The van der Waals surface area contributed by atoms with E-state index >= 15 is 0 Å². The molecule has 1 aliphatic rings. The summed E-state index contributed by atoms with van der Waals surface area (Å²) < 4.78 is 46.4. The van der Waals surface area contributed by atoms with Crippen molar-refractivity contribution in [3.63, 3.8) is 0 Å². The molecule has 0 radical (unpaired) electrons. The fraction of sp³-hybridized carbons (Fsp3) is 0.480. The molecule has 36 heavy (non-hydrogen) atoms. The van der Waals surface area contributed by atoms with Crippen LogP contribution in [0.5, 0.6) is 0 Å². The molecular weight excluding hydrogens is 473 g/mol. The van der Waals surface area contributed by atoms with Crippen LogP contribution in [0.4, 0.5) is 29.6 Å². The Hall–Kier alpha value is -3.34. The molecule has 0 spiro atoms. The number of ether oxygens (including phenoxy) is 1. The van der Waals surface area contributed by atoms with E-state index < -0.39 is 17.8 Å². The van der Waals surface area contributed by atoms with Crippen LogP contribution in [0.2, 0.25) is 0 Å². The maximum Gasteiger partial charge on any atom is 0.419 e. The molecule has 1 amide bonds. The van der Waals surface area contributed by atoms with Gasteiger partial charge in [-0.15, -0.1) is 0 Å². The van der Waals surface area contributed by atoms with E-state index in [1.165, 1.54) is 19.7 Å². The summed E-state index contributed by atoms with van der Waals surface area (Å²) in [5.41, 5.74) is -0.0403. The van der Waals surface area contributed by atoms with E-state index in [0.29, 0.717) is 35.0 Å². The lowest BCUT2D eigenvalue weighted by molar-refractivity contribution is -0.137. The second-order valence-electron chi connectivity index (χ2n) is 9.45. The molecule has 4 rings (SSSR count). The van der Waals surface area contributed by atoms with E-state index in [-0.39, 0.29) is 17.2 Å². The monoisotopic (exact) mass is 504 g/mol. The predicted molar refractivity (Wildman–Crippen MR) is 133 cm³/mol. The van der Waals surface area contributed by atoms with Crippen LogP contribution < -0.4 is 10.6 Å². The first-order valence-electron chi connectivity index (χ1n) is 12.0. The van der Waals surface area contributed by atoms with Gasteiger partial charge in [0.05, 0.1) is 24.0 Å². The number of nitrogens with zero attached hydrogens (tertiary/aromatic N) is 3. The predicted octanol–water partition coefficient (Wildman–Crippen LogP) is 5.60. The molecule has 8 nitrogen and oxygen atoms in total. The summed E-state index contributed by atoms with van der Waals surface area (Å²) in [6.45, 7) is 1.58.